The van der Waals surface area contributed by atoms with Crippen LogP contribution in [0.3, 0.4) is 0 Å². The van der Waals surface area contributed by atoms with Gasteiger partial charge in [0, 0.05) is 30.7 Å². The SMILES string of the molecule is C=C/C(=C\C(C(=O)O)=C(/C)C(F)(F)F)CN1CCCC12CCN(C(=O)OC(C)(C)C)CC2. The van der Waals surface area contributed by atoms with Crippen molar-refractivity contribution in [2.24, 2.45) is 0 Å². The van der Waals surface area contributed by atoms with Gasteiger partial charge in [0.15, 0.2) is 0 Å². The first-order valence-corrected chi connectivity index (χ1v) is 10.8. The van der Waals surface area contributed by atoms with Gasteiger partial charge in [0.1, 0.15) is 5.60 Å². The van der Waals surface area contributed by atoms with E-state index in [0.717, 1.165) is 45.2 Å². The maximum Gasteiger partial charge on any atom is 0.413 e. The number of halogens is 3. The fourth-order valence-electron chi connectivity index (χ4n) is 4.30. The van der Waals surface area contributed by atoms with Crippen molar-refractivity contribution in [1.29, 1.82) is 0 Å². The largest absolute Gasteiger partial charge is 0.478 e. The molecule has 180 valence electrons. The first kappa shape index (κ1) is 26.0. The highest BCUT2D eigenvalue weighted by molar-refractivity contribution is 5.91. The average molecular weight is 459 g/mol. The molecule has 32 heavy (non-hydrogen) atoms. The number of aliphatic carboxylic acids is 1. The van der Waals surface area contributed by atoms with Crippen molar-refractivity contribution in [2.45, 2.75) is 70.7 Å². The Hall–Kier alpha value is -2.29. The van der Waals surface area contributed by atoms with Crippen LogP contribution in [0.25, 0.3) is 0 Å². The smallest absolute Gasteiger partial charge is 0.413 e. The van der Waals surface area contributed by atoms with Crippen LogP contribution in [-0.2, 0) is 9.53 Å². The van der Waals surface area contributed by atoms with Crippen LogP contribution in [0.5, 0.6) is 0 Å². The van der Waals surface area contributed by atoms with E-state index in [2.05, 4.69) is 11.5 Å². The summed E-state index contributed by atoms with van der Waals surface area (Å²) in [5, 5.41) is 9.32. The molecule has 1 amide bonds. The summed E-state index contributed by atoms with van der Waals surface area (Å²) in [5.41, 5.74) is -2.25. The molecule has 0 bridgehead atoms. The van der Waals surface area contributed by atoms with E-state index in [1.54, 1.807) is 4.90 Å². The minimum absolute atomic E-state index is 0.174. The Morgan fingerprint density at radius 2 is 1.72 bits per heavy atom. The number of amides is 1. The highest BCUT2D eigenvalue weighted by Crippen LogP contribution is 2.39. The fraction of sp³-hybridized carbons (Fsp3) is 0.652. The monoisotopic (exact) mass is 458 g/mol. The van der Waals surface area contributed by atoms with E-state index in [9.17, 15) is 27.9 Å². The highest BCUT2D eigenvalue weighted by Gasteiger charge is 2.44. The molecular formula is C23H33F3N2O4. The molecule has 2 saturated heterocycles. The van der Waals surface area contributed by atoms with Gasteiger partial charge in [-0.25, -0.2) is 9.59 Å². The van der Waals surface area contributed by atoms with Gasteiger partial charge in [-0.15, -0.1) is 0 Å². The molecule has 0 radical (unpaired) electrons. The molecule has 0 aromatic rings. The molecule has 1 spiro atoms. The van der Waals surface area contributed by atoms with Crippen LogP contribution in [0, 0.1) is 0 Å². The number of carboxylic acids is 1. The standard InChI is InChI=1S/C23H33F3N2O4/c1-6-17(14-18(19(29)30)16(2)23(24,25)26)15-28-11-7-8-22(28)9-12-27(13-10-22)20(31)32-21(3,4)5/h6,14H,1,7-13,15H2,2-5H3,(H,29,30)/b17-14+,18-16-. The summed E-state index contributed by atoms with van der Waals surface area (Å²) < 4.78 is 44.7. The number of likely N-dealkylation sites (tertiary alicyclic amines) is 2. The Kier molecular flexibility index (Phi) is 7.86. The van der Waals surface area contributed by atoms with E-state index in [1.807, 2.05) is 20.8 Å². The number of ether oxygens (including phenoxy) is 1. The molecule has 2 aliphatic heterocycles. The molecule has 9 heteroatoms. The second-order valence-corrected chi connectivity index (χ2v) is 9.48. The van der Waals surface area contributed by atoms with Crippen LogP contribution in [0.15, 0.2) is 35.5 Å². The lowest BCUT2D eigenvalue weighted by Crippen LogP contribution is -2.54. The zero-order valence-corrected chi connectivity index (χ0v) is 19.2. The van der Waals surface area contributed by atoms with Gasteiger partial charge < -0.3 is 14.7 Å². The van der Waals surface area contributed by atoms with E-state index in [4.69, 9.17) is 4.74 Å². The van der Waals surface area contributed by atoms with Gasteiger partial charge in [-0.3, -0.25) is 4.90 Å². The van der Waals surface area contributed by atoms with Crippen molar-refractivity contribution in [3.05, 3.63) is 35.5 Å². The number of allylic oxidation sites excluding steroid dienone is 1. The number of hydrogen-bond acceptors (Lipinski definition) is 4. The summed E-state index contributed by atoms with van der Waals surface area (Å²) in [4.78, 5) is 27.7. The third kappa shape index (κ3) is 6.37. The maximum absolute atomic E-state index is 13.1. The topological polar surface area (TPSA) is 70.1 Å². The minimum atomic E-state index is -4.72. The predicted molar refractivity (Wildman–Crippen MR) is 115 cm³/mol. The quantitative estimate of drug-likeness (QED) is 0.467. The zero-order valence-electron chi connectivity index (χ0n) is 19.2. The number of carboxylic acid groups (broad SMARTS) is 1. The van der Waals surface area contributed by atoms with Crippen molar-refractivity contribution in [2.75, 3.05) is 26.2 Å². The Morgan fingerprint density at radius 1 is 1.12 bits per heavy atom. The lowest BCUT2D eigenvalue weighted by molar-refractivity contribution is -0.133. The Balaban J connectivity index is 2.16. The first-order valence-electron chi connectivity index (χ1n) is 10.8. The zero-order chi connectivity index (χ0) is 24.3. The van der Waals surface area contributed by atoms with Crippen LogP contribution in [0.4, 0.5) is 18.0 Å². The summed E-state index contributed by atoms with van der Waals surface area (Å²) in [6.07, 6.45) is 0.708. The highest BCUT2D eigenvalue weighted by atomic mass is 19.4. The first-order chi connectivity index (χ1) is 14.7. The van der Waals surface area contributed by atoms with Gasteiger partial charge in [-0.2, -0.15) is 13.2 Å². The van der Waals surface area contributed by atoms with Crippen molar-refractivity contribution in [1.82, 2.24) is 9.80 Å². The number of rotatable bonds is 5. The third-order valence-corrected chi connectivity index (χ3v) is 6.11. The van der Waals surface area contributed by atoms with E-state index in [0.29, 0.717) is 25.2 Å². The summed E-state index contributed by atoms with van der Waals surface area (Å²) in [5.74, 6) is -1.62. The predicted octanol–water partition coefficient (Wildman–Crippen LogP) is 4.93. The van der Waals surface area contributed by atoms with E-state index < -0.39 is 28.9 Å². The Morgan fingerprint density at radius 3 is 2.19 bits per heavy atom. The molecule has 6 nitrogen and oxygen atoms in total. The van der Waals surface area contributed by atoms with E-state index in [1.165, 1.54) is 6.08 Å². The number of carbonyl (C=O) groups is 2. The summed E-state index contributed by atoms with van der Waals surface area (Å²) in [7, 11) is 0. The molecule has 0 saturated carbocycles. The van der Waals surface area contributed by atoms with Gasteiger partial charge in [0.05, 0.1) is 5.57 Å². The molecule has 0 unspecified atom stereocenters. The van der Waals surface area contributed by atoms with Crippen LogP contribution in [0.1, 0.15) is 53.4 Å². The van der Waals surface area contributed by atoms with Gasteiger partial charge in [-0.1, -0.05) is 12.7 Å². The molecule has 1 N–H and O–H groups in total. The number of carbonyl (C=O) groups excluding carboxylic acids is 1. The maximum atomic E-state index is 13.1. The second-order valence-electron chi connectivity index (χ2n) is 9.48. The number of nitrogens with zero attached hydrogens (tertiary/aromatic N) is 2. The summed E-state index contributed by atoms with van der Waals surface area (Å²) in [6.45, 7) is 12.0. The third-order valence-electron chi connectivity index (χ3n) is 6.11. The molecule has 0 aromatic heterocycles. The van der Waals surface area contributed by atoms with E-state index in [-0.39, 0.29) is 11.6 Å². The van der Waals surface area contributed by atoms with Crippen molar-refractivity contribution < 1.29 is 32.6 Å². The normalized spacial score (nSPS) is 20.8. The van der Waals surface area contributed by atoms with Crippen LogP contribution < -0.4 is 0 Å². The van der Waals surface area contributed by atoms with E-state index >= 15 is 0 Å². The Labute approximate surface area is 187 Å². The molecule has 0 aliphatic carbocycles. The van der Waals surface area contributed by atoms with Gasteiger partial charge in [0.25, 0.3) is 0 Å². The number of alkyl halides is 3. The van der Waals surface area contributed by atoms with Crippen LogP contribution in [0.2, 0.25) is 0 Å². The average Bonchev–Trinajstić information content (AvgIpc) is 3.04. The molecular weight excluding hydrogens is 425 g/mol. The lowest BCUT2D eigenvalue weighted by Gasteiger charge is -2.45. The number of hydrogen-bond donors (Lipinski definition) is 1. The van der Waals surface area contributed by atoms with Crippen LogP contribution in [-0.4, -0.2) is 70.5 Å². The fourth-order valence-corrected chi connectivity index (χ4v) is 4.30. The second kappa shape index (κ2) is 9.68. The molecule has 0 aromatic carbocycles. The minimum Gasteiger partial charge on any atom is -0.478 e. The Bertz CT molecular complexity index is 801. The van der Waals surface area contributed by atoms with Crippen LogP contribution >= 0.6 is 0 Å². The molecule has 0 atom stereocenters. The van der Waals surface area contributed by atoms with Crippen molar-refractivity contribution >= 4 is 12.1 Å². The molecule has 2 heterocycles. The van der Waals surface area contributed by atoms with Gasteiger partial charge in [-0.05, 0) is 71.6 Å². The summed E-state index contributed by atoms with van der Waals surface area (Å²) in [6, 6.07) is 0. The molecule has 2 fully saturated rings. The van der Waals surface area contributed by atoms with Crippen molar-refractivity contribution in [3.8, 4) is 0 Å². The number of piperidine rings is 1. The van der Waals surface area contributed by atoms with Gasteiger partial charge in [0.2, 0.25) is 0 Å². The molecule has 2 rings (SSSR count). The lowest BCUT2D eigenvalue weighted by atomic mass is 9.84. The molecule has 2 aliphatic rings. The summed E-state index contributed by atoms with van der Waals surface area (Å²) >= 11 is 0. The van der Waals surface area contributed by atoms with Gasteiger partial charge >= 0.3 is 18.2 Å². The van der Waals surface area contributed by atoms with Crippen molar-refractivity contribution in [3.63, 3.8) is 0 Å².